The lowest BCUT2D eigenvalue weighted by atomic mass is 10.2. The quantitative estimate of drug-likeness (QED) is 0.218. The molecule has 0 spiro atoms. The fraction of sp³-hybridized carbons (Fsp3) is 0.156. The van der Waals surface area contributed by atoms with Gasteiger partial charge in [0.25, 0.3) is 15.9 Å². The van der Waals surface area contributed by atoms with Crippen molar-refractivity contribution in [1.29, 1.82) is 0 Å². The number of para-hydroxylation sites is 1. The smallest absolute Gasteiger partial charge is 0.275 e. The van der Waals surface area contributed by atoms with Gasteiger partial charge in [-0.15, -0.1) is 0 Å². The van der Waals surface area contributed by atoms with Crippen molar-refractivity contribution in [3.05, 3.63) is 101 Å². The van der Waals surface area contributed by atoms with Crippen molar-refractivity contribution in [2.24, 2.45) is 0 Å². The molecule has 0 saturated carbocycles. The normalized spacial score (nSPS) is 13.6. The van der Waals surface area contributed by atoms with E-state index < -0.39 is 33.0 Å². The lowest BCUT2D eigenvalue weighted by Gasteiger charge is -2.26. The van der Waals surface area contributed by atoms with Gasteiger partial charge in [0.2, 0.25) is 0 Å². The molecule has 1 saturated heterocycles. The Balaban J connectivity index is 1.26. The van der Waals surface area contributed by atoms with Crippen molar-refractivity contribution >= 4 is 66.7 Å². The molecule has 0 aliphatic carbocycles. The highest BCUT2D eigenvalue weighted by Gasteiger charge is 2.26. The van der Waals surface area contributed by atoms with Gasteiger partial charge in [-0.1, -0.05) is 35.9 Å². The first-order valence-corrected chi connectivity index (χ1v) is 16.5. The number of carbonyl (C=O) groups is 1. The zero-order chi connectivity index (χ0) is 33.6. The minimum Gasteiger partial charge on any atom is -0.378 e. The number of morpholine rings is 1. The number of amides is 1. The Morgan fingerprint density at radius 2 is 1.77 bits per heavy atom. The van der Waals surface area contributed by atoms with Gasteiger partial charge in [-0.2, -0.15) is 5.10 Å². The lowest BCUT2D eigenvalue weighted by Crippen LogP contribution is -2.41. The summed E-state index contributed by atoms with van der Waals surface area (Å²) in [6.07, 6.45) is 1.19. The third-order valence-corrected chi connectivity index (χ3v) is 9.78. The molecule has 1 amide bonds. The van der Waals surface area contributed by atoms with Crippen molar-refractivity contribution in [3.63, 3.8) is 0 Å². The van der Waals surface area contributed by atoms with Crippen LogP contribution >= 0.6 is 11.6 Å². The highest BCUT2D eigenvalue weighted by atomic mass is 35.5. The second kappa shape index (κ2) is 12.4. The highest BCUT2D eigenvalue weighted by Crippen LogP contribution is 2.33. The summed E-state index contributed by atoms with van der Waals surface area (Å²) in [4.78, 5) is 28.0. The van der Waals surface area contributed by atoms with Crippen LogP contribution in [0.1, 0.15) is 16.1 Å². The van der Waals surface area contributed by atoms with Gasteiger partial charge >= 0.3 is 0 Å². The topological polar surface area (TPSA) is 144 Å². The number of hydrogen-bond donors (Lipinski definition) is 2. The predicted octanol–water partition coefficient (Wildman–Crippen LogP) is 5.62. The fourth-order valence-electron chi connectivity index (χ4n) is 5.40. The maximum Gasteiger partial charge on any atom is 0.275 e. The number of aromatic nitrogens is 5. The number of sulfonamides is 1. The molecule has 1 aliphatic heterocycles. The molecule has 0 unspecified atom stereocenters. The Labute approximate surface area is 277 Å². The third-order valence-electron chi connectivity index (χ3n) is 7.86. The number of rotatable bonds is 7. The molecule has 3 aromatic carbocycles. The molecule has 1 fully saturated rings. The number of pyridine rings is 1. The van der Waals surface area contributed by atoms with Crippen LogP contribution in [0.4, 0.5) is 26.0 Å². The Kier molecular flexibility index (Phi) is 8.10. The molecule has 7 rings (SSSR count). The van der Waals surface area contributed by atoms with Crippen LogP contribution in [0.3, 0.4) is 0 Å². The zero-order valence-electron chi connectivity index (χ0n) is 25.1. The van der Waals surface area contributed by atoms with Crippen molar-refractivity contribution in [3.8, 4) is 5.82 Å². The van der Waals surface area contributed by atoms with E-state index in [4.69, 9.17) is 16.3 Å². The SMILES string of the molecule is Cc1c(Cl)cccc1S(=O)(=O)Nc1ccc(F)c(Nc2ncnc3ccc(-n4nc(C(=O)N5CCOCC5)c5ccccc54)nc23)c1F. The van der Waals surface area contributed by atoms with Crippen LogP contribution in [0.25, 0.3) is 27.8 Å². The van der Waals surface area contributed by atoms with Crippen molar-refractivity contribution in [1.82, 2.24) is 29.6 Å². The number of nitrogens with zero attached hydrogens (tertiary/aromatic N) is 6. The average molecular weight is 691 g/mol. The van der Waals surface area contributed by atoms with Crippen LogP contribution in [0.15, 0.2) is 78.0 Å². The van der Waals surface area contributed by atoms with Gasteiger partial charge in [-0.05, 0) is 55.0 Å². The zero-order valence-corrected chi connectivity index (χ0v) is 26.7. The van der Waals surface area contributed by atoms with Gasteiger partial charge < -0.3 is 15.0 Å². The molecular formula is C32H25ClF2N8O4S. The van der Waals surface area contributed by atoms with Crippen LogP contribution in [-0.2, 0) is 14.8 Å². The van der Waals surface area contributed by atoms with E-state index in [1.54, 1.807) is 35.2 Å². The minimum atomic E-state index is -4.30. The van der Waals surface area contributed by atoms with Gasteiger partial charge in [-0.25, -0.2) is 36.8 Å². The second-order valence-electron chi connectivity index (χ2n) is 10.8. The van der Waals surface area contributed by atoms with Gasteiger partial charge in [0.05, 0.1) is 34.8 Å². The van der Waals surface area contributed by atoms with Crippen LogP contribution in [0.5, 0.6) is 0 Å². The Bertz CT molecular complexity index is 2350. The van der Waals surface area contributed by atoms with E-state index >= 15 is 8.78 Å². The maximum atomic E-state index is 15.8. The van der Waals surface area contributed by atoms with Gasteiger partial charge in [0.1, 0.15) is 23.3 Å². The van der Waals surface area contributed by atoms with Crippen LogP contribution in [0, 0.1) is 18.6 Å². The van der Waals surface area contributed by atoms with Crippen LogP contribution in [-0.4, -0.2) is 70.3 Å². The Morgan fingerprint density at radius 3 is 2.58 bits per heavy atom. The summed E-state index contributed by atoms with van der Waals surface area (Å²) >= 11 is 6.09. The summed E-state index contributed by atoms with van der Waals surface area (Å²) in [5, 5.41) is 8.10. The molecular weight excluding hydrogens is 666 g/mol. The van der Waals surface area contributed by atoms with E-state index in [2.05, 4.69) is 30.1 Å². The third kappa shape index (κ3) is 5.65. The molecule has 2 N–H and O–H groups in total. The predicted molar refractivity (Wildman–Crippen MR) is 175 cm³/mol. The van der Waals surface area contributed by atoms with Crippen molar-refractivity contribution < 1.29 is 26.7 Å². The Morgan fingerprint density at radius 1 is 0.979 bits per heavy atom. The summed E-state index contributed by atoms with van der Waals surface area (Å²) in [5.74, 6) is -2.25. The number of anilines is 3. The number of ether oxygens (including phenoxy) is 1. The first kappa shape index (κ1) is 31.4. The van der Waals surface area contributed by atoms with Gasteiger partial charge in [0, 0.05) is 23.5 Å². The Hall–Kier alpha value is -5.25. The molecule has 0 atom stereocenters. The van der Waals surface area contributed by atoms with Crippen LogP contribution in [0.2, 0.25) is 5.02 Å². The van der Waals surface area contributed by atoms with E-state index in [0.29, 0.717) is 42.7 Å². The molecule has 12 nitrogen and oxygen atoms in total. The van der Waals surface area contributed by atoms with E-state index in [-0.39, 0.29) is 44.2 Å². The summed E-state index contributed by atoms with van der Waals surface area (Å²) in [6, 6.07) is 16.7. The molecule has 6 aromatic rings. The number of fused-ring (bicyclic) bond motifs is 2. The summed E-state index contributed by atoms with van der Waals surface area (Å²) in [7, 11) is -4.30. The molecule has 3 aromatic heterocycles. The van der Waals surface area contributed by atoms with Gasteiger partial charge in [-0.3, -0.25) is 9.52 Å². The molecule has 0 bridgehead atoms. The second-order valence-corrected chi connectivity index (χ2v) is 12.9. The minimum absolute atomic E-state index is 0.0635. The monoisotopic (exact) mass is 690 g/mol. The summed E-state index contributed by atoms with van der Waals surface area (Å²) in [6.45, 7) is 3.27. The standard InChI is InChI=1S/C32H25ClF2N8O4S/c1-18-20(33)6-4-8-25(18)48(45,46)41-22-10-9-21(34)29(27(22)35)39-31-30-23(36-17-37-31)11-12-26(38-30)43-24-7-3-2-5-19(24)28(40-43)32(44)42-13-15-47-16-14-42/h2-12,17,41H,13-16H2,1H3,(H,36,37,39). The highest BCUT2D eigenvalue weighted by molar-refractivity contribution is 7.92. The molecule has 4 heterocycles. The summed E-state index contributed by atoms with van der Waals surface area (Å²) < 4.78 is 66.3. The molecule has 1 aliphatic rings. The number of carbonyl (C=O) groups excluding carboxylic acids is 1. The largest absolute Gasteiger partial charge is 0.378 e. The van der Waals surface area contributed by atoms with E-state index in [0.717, 1.165) is 12.1 Å². The van der Waals surface area contributed by atoms with Crippen molar-refractivity contribution in [2.45, 2.75) is 11.8 Å². The number of benzene rings is 3. The van der Waals surface area contributed by atoms with Gasteiger partial charge in [0.15, 0.2) is 23.1 Å². The molecule has 244 valence electrons. The lowest BCUT2D eigenvalue weighted by molar-refractivity contribution is 0.0300. The van der Waals surface area contributed by atoms with Crippen LogP contribution < -0.4 is 10.0 Å². The van der Waals surface area contributed by atoms with E-state index in [1.807, 2.05) is 6.07 Å². The average Bonchev–Trinajstić information content (AvgIpc) is 3.48. The fourth-order valence-corrected chi connectivity index (χ4v) is 6.96. The number of halogens is 3. The molecule has 0 radical (unpaired) electrons. The van der Waals surface area contributed by atoms with Crippen molar-refractivity contribution in [2.75, 3.05) is 36.3 Å². The first-order valence-electron chi connectivity index (χ1n) is 14.6. The first-order chi connectivity index (χ1) is 23.1. The number of hydrogen-bond acceptors (Lipinski definition) is 9. The molecule has 16 heteroatoms. The van der Waals surface area contributed by atoms with E-state index in [1.165, 1.54) is 36.1 Å². The van der Waals surface area contributed by atoms with E-state index in [9.17, 15) is 13.2 Å². The molecule has 48 heavy (non-hydrogen) atoms. The number of nitrogens with one attached hydrogen (secondary N) is 2. The maximum absolute atomic E-state index is 15.8. The summed E-state index contributed by atoms with van der Waals surface area (Å²) in [5.41, 5.74) is 0.414.